The van der Waals surface area contributed by atoms with Crippen molar-refractivity contribution >= 4 is 58.5 Å². The van der Waals surface area contributed by atoms with Crippen molar-refractivity contribution in [2.24, 2.45) is 0 Å². The first-order valence-electron chi connectivity index (χ1n) is 12.8. The lowest BCUT2D eigenvalue weighted by molar-refractivity contribution is -0.116. The molecule has 0 heterocycles. The van der Waals surface area contributed by atoms with Crippen molar-refractivity contribution in [1.82, 2.24) is 5.32 Å². The van der Waals surface area contributed by atoms with Crippen LogP contribution in [-0.4, -0.2) is 23.0 Å². The smallest absolute Gasteiger partial charge is 0.272 e. The summed E-state index contributed by atoms with van der Waals surface area (Å²) in [4.78, 5) is 39.8. The zero-order chi connectivity index (χ0) is 29.2. The summed E-state index contributed by atoms with van der Waals surface area (Å²) in [5.74, 6) is -1.54. The summed E-state index contributed by atoms with van der Waals surface area (Å²) in [6.45, 7) is 1.90. The zero-order valence-electron chi connectivity index (χ0n) is 22.1. The molecule has 4 aromatic carbocycles. The van der Waals surface area contributed by atoms with E-state index in [0.717, 1.165) is 4.90 Å². The number of anilines is 2. The van der Waals surface area contributed by atoms with E-state index in [0.29, 0.717) is 33.9 Å². The lowest BCUT2D eigenvalue weighted by atomic mass is 10.1. The van der Waals surface area contributed by atoms with Crippen molar-refractivity contribution in [3.05, 3.63) is 131 Å². The largest absolute Gasteiger partial charge is 0.325 e. The number of carbonyl (C=O) groups is 3. The Morgan fingerprint density at radius 2 is 1.56 bits per heavy atom. The van der Waals surface area contributed by atoms with E-state index in [-0.39, 0.29) is 17.4 Å². The molecule has 0 spiro atoms. The fraction of sp³-hybridized carbons (Fsp3) is 0.0938. The Kier molecular flexibility index (Phi) is 10.3. The molecule has 0 saturated heterocycles. The fourth-order valence-corrected chi connectivity index (χ4v) is 4.90. The number of carbonyl (C=O) groups excluding carboxylic acids is 3. The molecule has 208 valence electrons. The molecular formula is C32H27ClFN3O3S. The predicted octanol–water partition coefficient (Wildman–Crippen LogP) is 7.40. The molecule has 4 rings (SSSR count). The van der Waals surface area contributed by atoms with Gasteiger partial charge in [0.2, 0.25) is 5.91 Å². The lowest BCUT2D eigenvalue weighted by Gasteiger charge is -2.16. The molecule has 3 amide bonds. The molecule has 6 nitrogen and oxygen atoms in total. The Labute approximate surface area is 247 Å². The Morgan fingerprint density at radius 3 is 2.24 bits per heavy atom. The van der Waals surface area contributed by atoms with Crippen LogP contribution in [0.2, 0.25) is 5.02 Å². The van der Waals surface area contributed by atoms with Gasteiger partial charge in [0, 0.05) is 26.9 Å². The predicted molar refractivity (Wildman–Crippen MR) is 163 cm³/mol. The number of benzene rings is 4. The highest BCUT2D eigenvalue weighted by molar-refractivity contribution is 8.00. The van der Waals surface area contributed by atoms with Gasteiger partial charge in [-0.15, -0.1) is 11.8 Å². The van der Waals surface area contributed by atoms with Crippen LogP contribution in [0.3, 0.4) is 0 Å². The van der Waals surface area contributed by atoms with E-state index < -0.39 is 17.1 Å². The topological polar surface area (TPSA) is 87.3 Å². The molecule has 0 aliphatic rings. The Hall–Kier alpha value is -4.40. The summed E-state index contributed by atoms with van der Waals surface area (Å²) in [7, 11) is 0. The Balaban J connectivity index is 1.49. The first-order valence-corrected chi connectivity index (χ1v) is 14.0. The molecule has 41 heavy (non-hydrogen) atoms. The molecule has 0 fully saturated rings. The molecule has 0 aliphatic heterocycles. The van der Waals surface area contributed by atoms with Crippen LogP contribution in [0.4, 0.5) is 15.8 Å². The molecule has 1 unspecified atom stereocenters. The van der Waals surface area contributed by atoms with Crippen molar-refractivity contribution in [2.75, 3.05) is 10.6 Å². The van der Waals surface area contributed by atoms with Gasteiger partial charge in [-0.3, -0.25) is 14.4 Å². The standard InChI is InChI=1S/C32H27ClFN3O3S/c1-2-29(32(40)35-25-17-15-24(34)16-18-25)41-27-10-6-9-26(20-27)36-31(39)28(19-21-11-13-23(33)14-12-21)37-30(38)22-7-4-3-5-8-22/h3-20,29H,2H2,1H3,(H,35,40)(H,36,39)(H,37,38)/b28-19-. The molecular weight excluding hydrogens is 561 g/mol. The third-order valence-corrected chi connectivity index (χ3v) is 7.47. The number of hydrogen-bond donors (Lipinski definition) is 3. The third-order valence-electron chi connectivity index (χ3n) is 5.86. The number of thioether (sulfide) groups is 1. The number of amides is 3. The summed E-state index contributed by atoms with van der Waals surface area (Å²) < 4.78 is 13.2. The molecule has 0 aromatic heterocycles. The SMILES string of the molecule is CCC(Sc1cccc(NC(=O)/C(=C/c2ccc(Cl)cc2)NC(=O)c2ccccc2)c1)C(=O)Nc1ccc(F)cc1. The van der Waals surface area contributed by atoms with Gasteiger partial charge in [0.1, 0.15) is 11.5 Å². The second kappa shape index (κ2) is 14.3. The average Bonchev–Trinajstić information content (AvgIpc) is 2.98. The summed E-state index contributed by atoms with van der Waals surface area (Å²) in [5, 5.41) is 8.49. The van der Waals surface area contributed by atoms with E-state index in [1.807, 2.05) is 13.0 Å². The third kappa shape index (κ3) is 8.79. The minimum absolute atomic E-state index is 0.0457. The van der Waals surface area contributed by atoms with Gasteiger partial charge in [0.05, 0.1) is 5.25 Å². The van der Waals surface area contributed by atoms with Gasteiger partial charge in [-0.1, -0.05) is 54.9 Å². The van der Waals surface area contributed by atoms with Crippen molar-refractivity contribution in [3.63, 3.8) is 0 Å². The zero-order valence-corrected chi connectivity index (χ0v) is 23.6. The minimum Gasteiger partial charge on any atom is -0.325 e. The minimum atomic E-state index is -0.521. The lowest BCUT2D eigenvalue weighted by Crippen LogP contribution is -2.30. The van der Waals surface area contributed by atoms with Crippen LogP contribution in [0, 0.1) is 5.82 Å². The quantitative estimate of drug-likeness (QED) is 0.133. The number of hydrogen-bond acceptors (Lipinski definition) is 4. The van der Waals surface area contributed by atoms with Crippen LogP contribution in [0.25, 0.3) is 6.08 Å². The molecule has 1 atom stereocenters. The van der Waals surface area contributed by atoms with Crippen LogP contribution in [-0.2, 0) is 9.59 Å². The molecule has 9 heteroatoms. The van der Waals surface area contributed by atoms with Gasteiger partial charge in [-0.2, -0.15) is 0 Å². The Morgan fingerprint density at radius 1 is 0.854 bits per heavy atom. The molecule has 0 bridgehead atoms. The van der Waals surface area contributed by atoms with Crippen molar-refractivity contribution in [1.29, 1.82) is 0 Å². The van der Waals surface area contributed by atoms with E-state index >= 15 is 0 Å². The second-order valence-corrected chi connectivity index (χ2v) is 10.6. The first-order chi connectivity index (χ1) is 19.8. The average molecular weight is 588 g/mol. The van der Waals surface area contributed by atoms with Gasteiger partial charge < -0.3 is 16.0 Å². The summed E-state index contributed by atoms with van der Waals surface area (Å²) >= 11 is 7.35. The maximum atomic E-state index is 13.4. The highest BCUT2D eigenvalue weighted by Gasteiger charge is 2.19. The van der Waals surface area contributed by atoms with Gasteiger partial charge in [-0.05, 0) is 84.8 Å². The highest BCUT2D eigenvalue weighted by Crippen LogP contribution is 2.29. The first kappa shape index (κ1) is 29.6. The van der Waals surface area contributed by atoms with Gasteiger partial charge in [-0.25, -0.2) is 4.39 Å². The summed E-state index contributed by atoms with van der Waals surface area (Å²) in [6.07, 6.45) is 2.12. The van der Waals surface area contributed by atoms with E-state index in [2.05, 4.69) is 16.0 Å². The molecule has 0 radical (unpaired) electrons. The van der Waals surface area contributed by atoms with Crippen molar-refractivity contribution < 1.29 is 18.8 Å². The maximum Gasteiger partial charge on any atom is 0.272 e. The fourth-order valence-electron chi connectivity index (χ4n) is 3.76. The van der Waals surface area contributed by atoms with Crippen molar-refractivity contribution in [2.45, 2.75) is 23.5 Å². The number of rotatable bonds is 10. The van der Waals surface area contributed by atoms with Crippen LogP contribution in [0.5, 0.6) is 0 Å². The second-order valence-electron chi connectivity index (χ2n) is 8.92. The Bertz CT molecular complexity index is 1540. The van der Waals surface area contributed by atoms with E-state index in [1.54, 1.807) is 78.9 Å². The van der Waals surface area contributed by atoms with E-state index in [9.17, 15) is 18.8 Å². The van der Waals surface area contributed by atoms with Crippen LogP contribution in [0.1, 0.15) is 29.3 Å². The number of halogens is 2. The molecule has 0 saturated carbocycles. The van der Waals surface area contributed by atoms with Crippen LogP contribution < -0.4 is 16.0 Å². The number of nitrogens with one attached hydrogen (secondary N) is 3. The van der Waals surface area contributed by atoms with E-state index in [1.165, 1.54) is 36.0 Å². The monoisotopic (exact) mass is 587 g/mol. The van der Waals surface area contributed by atoms with Gasteiger partial charge >= 0.3 is 0 Å². The van der Waals surface area contributed by atoms with Gasteiger partial charge in [0.25, 0.3) is 11.8 Å². The molecule has 4 aromatic rings. The highest BCUT2D eigenvalue weighted by atomic mass is 35.5. The van der Waals surface area contributed by atoms with E-state index in [4.69, 9.17) is 11.6 Å². The summed E-state index contributed by atoms with van der Waals surface area (Å²) in [6, 6.07) is 28.1. The maximum absolute atomic E-state index is 13.4. The van der Waals surface area contributed by atoms with Crippen LogP contribution in [0.15, 0.2) is 114 Å². The van der Waals surface area contributed by atoms with Gasteiger partial charge in [0.15, 0.2) is 0 Å². The summed E-state index contributed by atoms with van der Waals surface area (Å²) in [5.41, 5.74) is 2.13. The molecule has 0 aliphatic carbocycles. The van der Waals surface area contributed by atoms with Crippen LogP contribution >= 0.6 is 23.4 Å². The normalized spacial score (nSPS) is 11.8. The molecule has 3 N–H and O–H groups in total. The van der Waals surface area contributed by atoms with Crippen molar-refractivity contribution in [3.8, 4) is 0 Å².